The molecule has 1 fully saturated rings. The SMILES string of the molecule is CCNC(=NCc1cc(Br)c2c(c1)OCO2)N1CCS(=O)(=O)C(C)(C)C1. The van der Waals surface area contributed by atoms with Crippen LogP contribution in [-0.2, 0) is 16.4 Å². The quantitative estimate of drug-likeness (QED) is 0.566. The summed E-state index contributed by atoms with van der Waals surface area (Å²) in [7, 11) is -3.08. The third-order valence-corrected chi connectivity index (χ3v) is 7.70. The molecule has 2 aliphatic rings. The van der Waals surface area contributed by atoms with Crippen molar-refractivity contribution in [2.24, 2.45) is 4.99 Å². The summed E-state index contributed by atoms with van der Waals surface area (Å²) in [6, 6.07) is 3.88. The Bertz CT molecular complexity index is 824. The lowest BCUT2D eigenvalue weighted by Crippen LogP contribution is -2.57. The monoisotopic (exact) mass is 445 g/mol. The molecule has 0 aliphatic carbocycles. The van der Waals surface area contributed by atoms with Crippen LogP contribution in [0.25, 0.3) is 0 Å². The largest absolute Gasteiger partial charge is 0.454 e. The lowest BCUT2D eigenvalue weighted by atomic mass is 10.2. The highest BCUT2D eigenvalue weighted by Gasteiger charge is 2.40. The van der Waals surface area contributed by atoms with Crippen molar-refractivity contribution >= 4 is 31.7 Å². The van der Waals surface area contributed by atoms with Crippen LogP contribution >= 0.6 is 15.9 Å². The van der Waals surface area contributed by atoms with E-state index in [2.05, 4.69) is 21.2 Å². The van der Waals surface area contributed by atoms with Crippen LogP contribution in [0.3, 0.4) is 0 Å². The second-order valence-corrected chi connectivity index (χ2v) is 10.6. The smallest absolute Gasteiger partial charge is 0.231 e. The van der Waals surface area contributed by atoms with Gasteiger partial charge < -0.3 is 19.7 Å². The third-order valence-electron chi connectivity index (χ3n) is 4.58. The van der Waals surface area contributed by atoms with E-state index in [1.807, 2.05) is 24.0 Å². The normalized spacial score (nSPS) is 20.9. The van der Waals surface area contributed by atoms with Crippen molar-refractivity contribution in [3.63, 3.8) is 0 Å². The molecule has 0 bridgehead atoms. The van der Waals surface area contributed by atoms with Gasteiger partial charge in [0.2, 0.25) is 6.79 Å². The molecular formula is C17H24BrN3O4S. The van der Waals surface area contributed by atoms with Gasteiger partial charge in [0.1, 0.15) is 0 Å². The number of nitrogens with one attached hydrogen (secondary N) is 1. The molecule has 2 aliphatic heterocycles. The zero-order valence-corrected chi connectivity index (χ0v) is 17.6. The highest BCUT2D eigenvalue weighted by Crippen LogP contribution is 2.40. The van der Waals surface area contributed by atoms with E-state index in [1.165, 1.54) is 0 Å². The molecule has 0 aromatic heterocycles. The van der Waals surface area contributed by atoms with Gasteiger partial charge in [0.25, 0.3) is 0 Å². The first-order valence-corrected chi connectivity index (χ1v) is 11.0. The van der Waals surface area contributed by atoms with Crippen molar-refractivity contribution in [1.29, 1.82) is 0 Å². The molecule has 144 valence electrons. The molecular weight excluding hydrogens is 422 g/mol. The van der Waals surface area contributed by atoms with Crippen LogP contribution in [0.4, 0.5) is 0 Å². The molecule has 0 amide bonds. The van der Waals surface area contributed by atoms with Gasteiger partial charge >= 0.3 is 0 Å². The second-order valence-electron chi connectivity index (χ2n) is 6.98. The van der Waals surface area contributed by atoms with E-state index in [4.69, 9.17) is 14.5 Å². The molecule has 2 heterocycles. The summed E-state index contributed by atoms with van der Waals surface area (Å²) >= 11 is 3.49. The van der Waals surface area contributed by atoms with E-state index in [9.17, 15) is 8.42 Å². The van der Waals surface area contributed by atoms with E-state index in [-0.39, 0.29) is 12.5 Å². The summed E-state index contributed by atoms with van der Waals surface area (Å²) < 4.78 is 35.4. The van der Waals surface area contributed by atoms with Crippen molar-refractivity contribution in [2.45, 2.75) is 32.1 Å². The number of hydrogen-bond donors (Lipinski definition) is 1. The maximum Gasteiger partial charge on any atom is 0.231 e. The van der Waals surface area contributed by atoms with Crippen molar-refractivity contribution in [3.8, 4) is 11.5 Å². The van der Waals surface area contributed by atoms with Crippen LogP contribution in [0.15, 0.2) is 21.6 Å². The first-order chi connectivity index (χ1) is 12.2. The fourth-order valence-corrected chi connectivity index (χ4v) is 5.00. The van der Waals surface area contributed by atoms with Crippen LogP contribution in [0.2, 0.25) is 0 Å². The topological polar surface area (TPSA) is 80.2 Å². The van der Waals surface area contributed by atoms with Crippen molar-refractivity contribution in [2.75, 3.05) is 32.2 Å². The van der Waals surface area contributed by atoms with Crippen LogP contribution in [0.1, 0.15) is 26.3 Å². The van der Waals surface area contributed by atoms with E-state index < -0.39 is 14.6 Å². The Morgan fingerprint density at radius 1 is 1.38 bits per heavy atom. The van der Waals surface area contributed by atoms with Gasteiger partial charge in [0, 0.05) is 19.6 Å². The molecule has 1 aromatic carbocycles. The van der Waals surface area contributed by atoms with Gasteiger partial charge in [-0.15, -0.1) is 0 Å². The number of ether oxygens (including phenoxy) is 2. The van der Waals surface area contributed by atoms with E-state index >= 15 is 0 Å². The number of aliphatic imine (C=N–C) groups is 1. The maximum absolute atomic E-state index is 12.2. The van der Waals surface area contributed by atoms with Crippen LogP contribution < -0.4 is 14.8 Å². The molecule has 26 heavy (non-hydrogen) atoms. The lowest BCUT2D eigenvalue weighted by Gasteiger charge is -2.39. The van der Waals surface area contributed by atoms with Gasteiger partial charge in [-0.05, 0) is 54.4 Å². The third kappa shape index (κ3) is 3.78. The average Bonchev–Trinajstić information content (AvgIpc) is 3.03. The molecule has 0 saturated carbocycles. The summed E-state index contributed by atoms with van der Waals surface area (Å²) in [4.78, 5) is 6.73. The fraction of sp³-hybridized carbons (Fsp3) is 0.588. The summed E-state index contributed by atoms with van der Waals surface area (Å²) in [5.41, 5.74) is 0.986. The standard InChI is InChI=1S/C17H24BrN3O4S/c1-4-19-16(21-5-6-26(22,23)17(2,3)10-21)20-9-12-7-13(18)15-14(8-12)24-11-25-15/h7-8H,4-6,9-11H2,1-3H3,(H,19,20). The van der Waals surface area contributed by atoms with Gasteiger partial charge in [-0.3, -0.25) is 0 Å². The van der Waals surface area contributed by atoms with E-state index in [1.54, 1.807) is 13.8 Å². The summed E-state index contributed by atoms with van der Waals surface area (Å²) in [6.07, 6.45) is 0. The molecule has 9 heteroatoms. The summed E-state index contributed by atoms with van der Waals surface area (Å²) in [6.45, 7) is 7.81. The van der Waals surface area contributed by atoms with Gasteiger partial charge in [-0.2, -0.15) is 0 Å². The Morgan fingerprint density at radius 2 is 2.15 bits per heavy atom. The number of halogens is 1. The molecule has 3 rings (SSSR count). The number of sulfone groups is 1. The fourth-order valence-electron chi connectivity index (χ4n) is 3.03. The zero-order valence-electron chi connectivity index (χ0n) is 15.2. The molecule has 1 aromatic rings. The first-order valence-electron chi connectivity index (χ1n) is 8.57. The van der Waals surface area contributed by atoms with E-state index in [0.717, 1.165) is 16.0 Å². The van der Waals surface area contributed by atoms with Crippen LogP contribution in [-0.4, -0.2) is 56.2 Å². The van der Waals surface area contributed by atoms with Gasteiger partial charge in [-0.25, -0.2) is 13.4 Å². The predicted octanol–water partition coefficient (Wildman–Crippen LogP) is 2.15. The molecule has 7 nitrogen and oxygen atoms in total. The Labute approximate surface area is 162 Å². The Kier molecular flexibility index (Phi) is 5.39. The average molecular weight is 446 g/mol. The zero-order chi connectivity index (χ0) is 18.9. The van der Waals surface area contributed by atoms with Crippen LogP contribution in [0, 0.1) is 0 Å². The Morgan fingerprint density at radius 3 is 2.85 bits per heavy atom. The first kappa shape index (κ1) is 19.3. The number of guanidine groups is 1. The molecule has 0 spiro atoms. The Balaban J connectivity index is 1.79. The van der Waals surface area contributed by atoms with Crippen molar-refractivity contribution in [3.05, 3.63) is 22.2 Å². The lowest BCUT2D eigenvalue weighted by molar-refractivity contribution is 0.173. The minimum atomic E-state index is -3.08. The molecule has 1 N–H and O–H groups in total. The summed E-state index contributed by atoms with van der Waals surface area (Å²) in [5, 5.41) is 3.27. The highest BCUT2D eigenvalue weighted by molar-refractivity contribution is 9.10. The minimum absolute atomic E-state index is 0.139. The molecule has 1 saturated heterocycles. The van der Waals surface area contributed by atoms with Gasteiger partial charge in [0.15, 0.2) is 27.3 Å². The van der Waals surface area contributed by atoms with Crippen molar-refractivity contribution in [1.82, 2.24) is 10.2 Å². The Hall–Kier alpha value is -1.48. The number of benzene rings is 1. The number of nitrogens with zero attached hydrogens (tertiary/aromatic N) is 2. The maximum atomic E-state index is 12.2. The molecule has 0 unspecified atom stereocenters. The van der Waals surface area contributed by atoms with E-state index in [0.29, 0.717) is 37.7 Å². The van der Waals surface area contributed by atoms with Crippen molar-refractivity contribution < 1.29 is 17.9 Å². The van der Waals surface area contributed by atoms with Gasteiger partial charge in [-0.1, -0.05) is 0 Å². The minimum Gasteiger partial charge on any atom is -0.454 e. The number of fused-ring (bicyclic) bond motifs is 1. The highest BCUT2D eigenvalue weighted by atomic mass is 79.9. The number of hydrogen-bond acceptors (Lipinski definition) is 5. The second kappa shape index (κ2) is 7.26. The predicted molar refractivity (Wildman–Crippen MR) is 105 cm³/mol. The van der Waals surface area contributed by atoms with Crippen LogP contribution in [0.5, 0.6) is 11.5 Å². The molecule has 0 atom stereocenters. The number of rotatable bonds is 3. The molecule has 0 radical (unpaired) electrons. The van der Waals surface area contributed by atoms with Gasteiger partial charge in [0.05, 0.1) is 21.5 Å². The summed E-state index contributed by atoms with van der Waals surface area (Å²) in [5.74, 6) is 2.29.